The van der Waals surface area contributed by atoms with Crippen LogP contribution in [0.4, 0.5) is 5.82 Å². The van der Waals surface area contributed by atoms with E-state index in [4.69, 9.17) is 0 Å². The molecular weight excluding hydrogens is 348 g/mol. The number of hydrogen-bond acceptors (Lipinski definition) is 4. The first kappa shape index (κ1) is 18.1. The summed E-state index contributed by atoms with van der Waals surface area (Å²) < 4.78 is 0. The fourth-order valence-electron chi connectivity index (χ4n) is 2.55. The van der Waals surface area contributed by atoms with Crippen molar-refractivity contribution in [3.05, 3.63) is 46.3 Å². The van der Waals surface area contributed by atoms with Crippen molar-refractivity contribution in [2.24, 2.45) is 0 Å². The van der Waals surface area contributed by atoms with Crippen LogP contribution in [0.2, 0.25) is 0 Å². The van der Waals surface area contributed by atoms with E-state index >= 15 is 0 Å². The van der Waals surface area contributed by atoms with Gasteiger partial charge in [0.25, 0.3) is 5.91 Å². The Morgan fingerprint density at radius 1 is 1.19 bits per heavy atom. The van der Waals surface area contributed by atoms with E-state index in [2.05, 4.69) is 20.8 Å². The van der Waals surface area contributed by atoms with Gasteiger partial charge < -0.3 is 10.6 Å². The van der Waals surface area contributed by atoms with Crippen LogP contribution in [0.3, 0.4) is 0 Å². The van der Waals surface area contributed by atoms with Crippen LogP contribution in [0.5, 0.6) is 0 Å². The molecule has 0 radical (unpaired) electrons. The summed E-state index contributed by atoms with van der Waals surface area (Å²) in [6.45, 7) is 7.82. The predicted octanol–water partition coefficient (Wildman–Crippen LogP) is 3.64. The van der Waals surface area contributed by atoms with Gasteiger partial charge in [-0.05, 0) is 45.9 Å². The Morgan fingerprint density at radius 3 is 2.54 bits per heavy atom. The number of amides is 2. The SMILES string of the molecule is Cc1ccc(C(=O)Nc2[nH]nc3sc(CC(=O)NC(C)(C)C)cc23)cc1. The number of aromatic nitrogens is 2. The molecule has 0 atom stereocenters. The van der Waals surface area contributed by atoms with E-state index in [0.717, 1.165) is 20.7 Å². The molecule has 0 aliphatic carbocycles. The highest BCUT2D eigenvalue weighted by molar-refractivity contribution is 7.18. The molecule has 2 aromatic heterocycles. The highest BCUT2D eigenvalue weighted by Crippen LogP contribution is 2.29. The summed E-state index contributed by atoms with van der Waals surface area (Å²) in [5.41, 5.74) is 1.42. The van der Waals surface area contributed by atoms with Crippen LogP contribution in [0.15, 0.2) is 30.3 Å². The van der Waals surface area contributed by atoms with Crippen LogP contribution >= 0.6 is 11.3 Å². The van der Waals surface area contributed by atoms with E-state index in [1.165, 1.54) is 11.3 Å². The number of H-pyrrole nitrogens is 1. The number of aryl methyl sites for hydroxylation is 1. The van der Waals surface area contributed by atoms with E-state index in [-0.39, 0.29) is 17.4 Å². The third kappa shape index (κ3) is 4.29. The predicted molar refractivity (Wildman–Crippen MR) is 105 cm³/mol. The molecule has 2 heterocycles. The molecule has 2 amide bonds. The van der Waals surface area contributed by atoms with Crippen molar-refractivity contribution in [1.29, 1.82) is 0 Å². The van der Waals surface area contributed by atoms with Crippen molar-refractivity contribution in [2.75, 3.05) is 5.32 Å². The number of nitrogens with zero attached hydrogens (tertiary/aromatic N) is 1. The van der Waals surface area contributed by atoms with Crippen molar-refractivity contribution in [3.8, 4) is 0 Å². The average molecular weight is 370 g/mol. The molecule has 1 aromatic carbocycles. The molecule has 0 aliphatic rings. The highest BCUT2D eigenvalue weighted by Gasteiger charge is 2.17. The Kier molecular flexibility index (Phi) is 4.82. The molecule has 0 aliphatic heterocycles. The summed E-state index contributed by atoms with van der Waals surface area (Å²) in [5, 5.41) is 13.7. The van der Waals surface area contributed by atoms with Crippen LogP contribution < -0.4 is 10.6 Å². The number of aromatic amines is 1. The number of rotatable bonds is 4. The summed E-state index contributed by atoms with van der Waals surface area (Å²) in [6, 6.07) is 9.26. The minimum Gasteiger partial charge on any atom is -0.351 e. The van der Waals surface area contributed by atoms with Crippen molar-refractivity contribution in [2.45, 2.75) is 39.7 Å². The molecule has 0 saturated carbocycles. The van der Waals surface area contributed by atoms with Gasteiger partial charge in [-0.2, -0.15) is 5.10 Å². The molecule has 3 N–H and O–H groups in total. The van der Waals surface area contributed by atoms with Crippen LogP contribution in [-0.4, -0.2) is 27.6 Å². The topological polar surface area (TPSA) is 86.9 Å². The Hall–Kier alpha value is -2.67. The van der Waals surface area contributed by atoms with Crippen molar-refractivity contribution in [3.63, 3.8) is 0 Å². The maximum Gasteiger partial charge on any atom is 0.256 e. The molecule has 26 heavy (non-hydrogen) atoms. The zero-order valence-electron chi connectivity index (χ0n) is 15.3. The molecule has 136 valence electrons. The normalized spacial score (nSPS) is 11.5. The molecule has 0 unspecified atom stereocenters. The molecule has 0 saturated heterocycles. The van der Waals surface area contributed by atoms with Crippen LogP contribution in [0, 0.1) is 6.92 Å². The molecule has 7 heteroatoms. The van der Waals surface area contributed by atoms with Gasteiger partial charge >= 0.3 is 0 Å². The zero-order valence-corrected chi connectivity index (χ0v) is 16.1. The summed E-state index contributed by atoms with van der Waals surface area (Å²) in [4.78, 5) is 26.2. The van der Waals surface area contributed by atoms with Gasteiger partial charge in [0.2, 0.25) is 5.91 Å². The standard InChI is InChI=1S/C19H22N4O2S/c1-11-5-7-12(8-6-11)17(25)20-16-14-9-13(26-18(14)23-22-16)10-15(24)21-19(2,3)4/h5-9H,10H2,1-4H3,(H,21,24)(H2,20,22,23,25). The maximum atomic E-state index is 12.4. The van der Waals surface area contributed by atoms with Gasteiger partial charge in [-0.1, -0.05) is 17.7 Å². The van der Waals surface area contributed by atoms with Gasteiger partial charge in [0, 0.05) is 16.0 Å². The monoisotopic (exact) mass is 370 g/mol. The number of thiophene rings is 1. The lowest BCUT2D eigenvalue weighted by Crippen LogP contribution is -2.41. The Morgan fingerprint density at radius 2 is 1.88 bits per heavy atom. The van der Waals surface area contributed by atoms with Gasteiger partial charge in [-0.3, -0.25) is 14.7 Å². The van der Waals surface area contributed by atoms with E-state index in [1.807, 2.05) is 45.9 Å². The van der Waals surface area contributed by atoms with Gasteiger partial charge in [0.05, 0.1) is 11.8 Å². The number of carbonyl (C=O) groups is 2. The lowest BCUT2D eigenvalue weighted by atomic mass is 10.1. The average Bonchev–Trinajstić information content (AvgIpc) is 3.07. The molecule has 3 rings (SSSR count). The number of hydrogen-bond donors (Lipinski definition) is 3. The Labute approximate surface area is 156 Å². The van der Waals surface area contributed by atoms with E-state index in [1.54, 1.807) is 12.1 Å². The largest absolute Gasteiger partial charge is 0.351 e. The lowest BCUT2D eigenvalue weighted by Gasteiger charge is -2.20. The molecular formula is C19H22N4O2S. The van der Waals surface area contributed by atoms with Crippen molar-refractivity contribution in [1.82, 2.24) is 15.5 Å². The number of nitrogens with one attached hydrogen (secondary N) is 3. The third-order valence-electron chi connectivity index (χ3n) is 3.70. The van der Waals surface area contributed by atoms with Gasteiger partial charge in [-0.15, -0.1) is 11.3 Å². The molecule has 0 spiro atoms. The third-order valence-corrected chi connectivity index (χ3v) is 4.73. The highest BCUT2D eigenvalue weighted by atomic mass is 32.1. The van der Waals surface area contributed by atoms with Gasteiger partial charge in [-0.25, -0.2) is 0 Å². The number of anilines is 1. The second-order valence-corrected chi connectivity index (χ2v) is 8.44. The minimum atomic E-state index is -0.262. The smallest absolute Gasteiger partial charge is 0.256 e. The second-order valence-electron chi connectivity index (χ2n) is 7.33. The van der Waals surface area contributed by atoms with E-state index in [9.17, 15) is 9.59 Å². The van der Waals surface area contributed by atoms with Crippen molar-refractivity contribution >= 4 is 39.2 Å². The maximum absolute atomic E-state index is 12.4. The molecule has 6 nitrogen and oxygen atoms in total. The van der Waals surface area contributed by atoms with Crippen molar-refractivity contribution < 1.29 is 9.59 Å². The van der Waals surface area contributed by atoms with Gasteiger partial charge in [0.1, 0.15) is 10.6 Å². The van der Waals surface area contributed by atoms with Crippen LogP contribution in [0.25, 0.3) is 10.2 Å². The first-order valence-corrected chi connectivity index (χ1v) is 9.19. The summed E-state index contributed by atoms with van der Waals surface area (Å²) in [7, 11) is 0. The summed E-state index contributed by atoms with van der Waals surface area (Å²) >= 11 is 1.44. The first-order chi connectivity index (χ1) is 12.2. The number of benzene rings is 1. The quantitative estimate of drug-likeness (QED) is 0.655. The number of fused-ring (bicyclic) bond motifs is 1. The van der Waals surface area contributed by atoms with Gasteiger partial charge in [0.15, 0.2) is 0 Å². The van der Waals surface area contributed by atoms with Crippen LogP contribution in [-0.2, 0) is 11.2 Å². The fraction of sp³-hybridized carbons (Fsp3) is 0.316. The number of carbonyl (C=O) groups excluding carboxylic acids is 2. The molecule has 3 aromatic rings. The molecule has 0 fully saturated rings. The minimum absolute atomic E-state index is 0.0318. The fourth-order valence-corrected chi connectivity index (χ4v) is 3.54. The second kappa shape index (κ2) is 6.92. The van der Waals surface area contributed by atoms with E-state index in [0.29, 0.717) is 17.8 Å². The Balaban J connectivity index is 1.74. The zero-order chi connectivity index (χ0) is 18.9. The Bertz CT molecular complexity index is 948. The summed E-state index contributed by atoms with van der Waals surface area (Å²) in [5.74, 6) is 0.314. The lowest BCUT2D eigenvalue weighted by molar-refractivity contribution is -0.121. The van der Waals surface area contributed by atoms with Crippen LogP contribution in [0.1, 0.15) is 41.6 Å². The molecule has 0 bridgehead atoms. The van der Waals surface area contributed by atoms with E-state index < -0.39 is 0 Å². The summed E-state index contributed by atoms with van der Waals surface area (Å²) in [6.07, 6.45) is 0.295. The first-order valence-electron chi connectivity index (χ1n) is 8.37.